The third kappa shape index (κ3) is 1.32. The van der Waals surface area contributed by atoms with Crippen molar-refractivity contribution < 1.29 is 23.9 Å². The Morgan fingerprint density at radius 1 is 1.57 bits per heavy atom. The molecule has 1 aliphatic rings. The number of hydrogen-bond acceptors (Lipinski definition) is 5. The van der Waals surface area contributed by atoms with E-state index in [1.807, 2.05) is 0 Å². The minimum atomic E-state index is -1.82. The van der Waals surface area contributed by atoms with Crippen LogP contribution >= 0.6 is 0 Å². The van der Waals surface area contributed by atoms with Crippen LogP contribution in [0.1, 0.15) is 13.8 Å². The summed E-state index contributed by atoms with van der Waals surface area (Å²) in [5.74, 6) is -1.55. The average molecular weight is 201 g/mol. The van der Waals surface area contributed by atoms with Gasteiger partial charge in [0.1, 0.15) is 0 Å². The first kappa shape index (κ1) is 10.5. The number of amides is 2. The molecule has 0 bridgehead atoms. The Kier molecular flexibility index (Phi) is 2.46. The smallest absolute Gasteiger partial charge is 0.418 e. The highest BCUT2D eigenvalue weighted by Crippen LogP contribution is 2.24. The van der Waals surface area contributed by atoms with Gasteiger partial charge in [-0.3, -0.25) is 4.79 Å². The molecule has 1 atom stereocenters. The van der Waals surface area contributed by atoms with Gasteiger partial charge in [0, 0.05) is 7.05 Å². The van der Waals surface area contributed by atoms with Crippen LogP contribution in [0.4, 0.5) is 4.79 Å². The van der Waals surface area contributed by atoms with Gasteiger partial charge in [0.2, 0.25) is 0 Å². The van der Waals surface area contributed by atoms with Crippen molar-refractivity contribution in [3.8, 4) is 0 Å². The molecule has 0 aromatic carbocycles. The summed E-state index contributed by atoms with van der Waals surface area (Å²) in [5, 5.41) is 0. The minimum absolute atomic E-state index is 0.128. The summed E-state index contributed by atoms with van der Waals surface area (Å²) in [6.45, 7) is 2.95. The molecule has 0 spiro atoms. The molecule has 0 aromatic heterocycles. The lowest BCUT2D eigenvalue weighted by molar-refractivity contribution is -0.165. The number of likely N-dealkylation sites (N-methyl/N-ethyl adjacent to an activating group) is 1. The van der Waals surface area contributed by atoms with Crippen molar-refractivity contribution in [2.75, 3.05) is 13.7 Å². The Bertz CT molecular complexity index is 300. The molecule has 1 heterocycles. The van der Waals surface area contributed by atoms with Crippen molar-refractivity contribution in [3.63, 3.8) is 0 Å². The summed E-state index contributed by atoms with van der Waals surface area (Å²) in [5.41, 5.74) is -1.82. The molecule has 1 aliphatic heterocycles. The van der Waals surface area contributed by atoms with Crippen LogP contribution in [0, 0.1) is 0 Å². The largest absolute Gasteiger partial charge is 0.463 e. The normalized spacial score (nSPS) is 26.4. The molecule has 6 nitrogen and oxygen atoms in total. The summed E-state index contributed by atoms with van der Waals surface area (Å²) in [6, 6.07) is 0. The number of hydrogen-bond donors (Lipinski definition) is 0. The van der Waals surface area contributed by atoms with Gasteiger partial charge in [0.05, 0.1) is 6.61 Å². The zero-order valence-corrected chi connectivity index (χ0v) is 8.20. The van der Waals surface area contributed by atoms with Gasteiger partial charge < -0.3 is 9.47 Å². The maximum atomic E-state index is 11.4. The average Bonchev–Trinajstić information content (AvgIpc) is 2.32. The van der Waals surface area contributed by atoms with Crippen molar-refractivity contribution in [2.24, 2.45) is 0 Å². The molecule has 78 valence electrons. The van der Waals surface area contributed by atoms with Crippen molar-refractivity contribution in [3.05, 3.63) is 0 Å². The summed E-state index contributed by atoms with van der Waals surface area (Å²) in [7, 11) is 1.25. The van der Waals surface area contributed by atoms with Crippen molar-refractivity contribution in [1.82, 2.24) is 4.90 Å². The highest BCUT2D eigenvalue weighted by atomic mass is 16.6. The number of carbonyl (C=O) groups is 3. The monoisotopic (exact) mass is 201 g/mol. The number of nitrogens with zero attached hydrogens (tertiary/aromatic N) is 1. The van der Waals surface area contributed by atoms with Gasteiger partial charge in [-0.1, -0.05) is 0 Å². The fraction of sp³-hybridized carbons (Fsp3) is 0.625. The Balaban J connectivity index is 2.91. The molecule has 1 saturated heterocycles. The number of cyclic esters (lactones) is 1. The molecule has 1 unspecified atom stereocenters. The quantitative estimate of drug-likeness (QED) is 0.461. The predicted molar refractivity (Wildman–Crippen MR) is 44.3 cm³/mol. The highest BCUT2D eigenvalue weighted by Gasteiger charge is 2.55. The molecule has 14 heavy (non-hydrogen) atoms. The van der Waals surface area contributed by atoms with Gasteiger partial charge >= 0.3 is 12.1 Å². The van der Waals surface area contributed by atoms with E-state index in [0.717, 1.165) is 4.90 Å². The van der Waals surface area contributed by atoms with E-state index in [9.17, 15) is 14.4 Å². The second-order valence-corrected chi connectivity index (χ2v) is 2.99. The predicted octanol–water partition coefficient (Wildman–Crippen LogP) is -0.0832. The van der Waals surface area contributed by atoms with E-state index in [-0.39, 0.29) is 6.61 Å². The first-order valence-corrected chi connectivity index (χ1v) is 4.11. The van der Waals surface area contributed by atoms with Crippen LogP contribution in [0.5, 0.6) is 0 Å². The fourth-order valence-corrected chi connectivity index (χ4v) is 1.09. The molecule has 1 rings (SSSR count). The second kappa shape index (κ2) is 3.28. The van der Waals surface area contributed by atoms with Crippen molar-refractivity contribution >= 4 is 18.0 Å². The first-order chi connectivity index (χ1) is 6.43. The Morgan fingerprint density at radius 2 is 2.14 bits per heavy atom. The van der Waals surface area contributed by atoms with Crippen LogP contribution in [0.2, 0.25) is 0 Å². The van der Waals surface area contributed by atoms with Gasteiger partial charge in [-0.05, 0) is 13.8 Å². The SMILES string of the molecule is CCOC(=O)C1(C)OC(=O)N(C)C1=O. The van der Waals surface area contributed by atoms with E-state index in [1.54, 1.807) is 6.92 Å². The molecule has 0 aromatic rings. The van der Waals surface area contributed by atoms with Gasteiger partial charge in [0.15, 0.2) is 0 Å². The van der Waals surface area contributed by atoms with Gasteiger partial charge in [-0.15, -0.1) is 0 Å². The highest BCUT2D eigenvalue weighted by molar-refractivity contribution is 6.14. The van der Waals surface area contributed by atoms with Crippen LogP contribution in [-0.4, -0.2) is 42.1 Å². The standard InChI is InChI=1S/C8H11NO5/c1-4-13-6(11)8(2)5(10)9(3)7(12)14-8/h4H2,1-3H3. The number of carbonyl (C=O) groups excluding carboxylic acids is 3. The Hall–Kier alpha value is -1.59. The molecule has 1 fully saturated rings. The van der Waals surface area contributed by atoms with E-state index in [1.165, 1.54) is 14.0 Å². The third-order valence-electron chi connectivity index (χ3n) is 1.94. The van der Waals surface area contributed by atoms with Crippen molar-refractivity contribution in [1.29, 1.82) is 0 Å². The van der Waals surface area contributed by atoms with E-state index in [2.05, 4.69) is 9.47 Å². The van der Waals surface area contributed by atoms with Crippen LogP contribution in [0.3, 0.4) is 0 Å². The topological polar surface area (TPSA) is 72.9 Å². The number of rotatable bonds is 2. The fourth-order valence-electron chi connectivity index (χ4n) is 1.09. The van der Waals surface area contributed by atoms with Gasteiger partial charge in [-0.25, -0.2) is 14.5 Å². The minimum Gasteiger partial charge on any atom is -0.463 e. The maximum Gasteiger partial charge on any atom is 0.418 e. The van der Waals surface area contributed by atoms with Crippen LogP contribution in [-0.2, 0) is 19.1 Å². The van der Waals surface area contributed by atoms with Crippen LogP contribution < -0.4 is 0 Å². The number of imide groups is 1. The molecular formula is C8H11NO5. The molecule has 0 saturated carbocycles. The van der Waals surface area contributed by atoms with Crippen molar-refractivity contribution in [2.45, 2.75) is 19.4 Å². The summed E-state index contributed by atoms with van der Waals surface area (Å²) < 4.78 is 9.28. The summed E-state index contributed by atoms with van der Waals surface area (Å²) >= 11 is 0. The van der Waals surface area contributed by atoms with E-state index in [0.29, 0.717) is 0 Å². The summed E-state index contributed by atoms with van der Waals surface area (Å²) in [6.07, 6.45) is -0.842. The summed E-state index contributed by atoms with van der Waals surface area (Å²) in [4.78, 5) is 34.5. The van der Waals surface area contributed by atoms with E-state index >= 15 is 0 Å². The molecule has 0 N–H and O–H groups in total. The third-order valence-corrected chi connectivity index (χ3v) is 1.94. The first-order valence-electron chi connectivity index (χ1n) is 4.11. The lowest BCUT2D eigenvalue weighted by Gasteiger charge is -2.16. The molecule has 6 heteroatoms. The molecular weight excluding hydrogens is 190 g/mol. The molecule has 2 amide bonds. The van der Waals surface area contributed by atoms with Gasteiger partial charge in [-0.2, -0.15) is 0 Å². The maximum absolute atomic E-state index is 11.4. The van der Waals surface area contributed by atoms with E-state index < -0.39 is 23.6 Å². The zero-order chi connectivity index (χ0) is 10.9. The lowest BCUT2D eigenvalue weighted by atomic mass is 10.1. The Labute approximate surface area is 80.8 Å². The molecule has 0 radical (unpaired) electrons. The zero-order valence-electron chi connectivity index (χ0n) is 8.20. The molecule has 0 aliphatic carbocycles. The second-order valence-electron chi connectivity index (χ2n) is 2.99. The lowest BCUT2D eigenvalue weighted by Crippen LogP contribution is -2.45. The number of ether oxygens (including phenoxy) is 2. The van der Waals surface area contributed by atoms with Gasteiger partial charge in [0.25, 0.3) is 11.5 Å². The van der Waals surface area contributed by atoms with E-state index in [4.69, 9.17) is 0 Å². The Morgan fingerprint density at radius 3 is 2.50 bits per heavy atom. The van der Waals surface area contributed by atoms with Crippen LogP contribution in [0.25, 0.3) is 0 Å². The van der Waals surface area contributed by atoms with Crippen LogP contribution in [0.15, 0.2) is 0 Å². The number of esters is 1.